The molecule has 0 atom stereocenters. The van der Waals surface area contributed by atoms with Gasteiger partial charge in [0.1, 0.15) is 0 Å². The second-order valence-corrected chi connectivity index (χ2v) is 3.76. The maximum Gasteiger partial charge on any atom is 0.161 e. The first kappa shape index (κ1) is 9.09. The smallest absolute Gasteiger partial charge is 0.161 e. The summed E-state index contributed by atoms with van der Waals surface area (Å²) in [6.07, 6.45) is 3.75. The second-order valence-electron chi connectivity index (χ2n) is 3.76. The standard InChI is InChI=1S/C13H11N3/c1-10-7-9-16(15-10)13-12-5-3-2-4-11(12)6-8-14-13/h2-9H,1H3. The molecule has 16 heavy (non-hydrogen) atoms. The topological polar surface area (TPSA) is 30.7 Å². The molecule has 0 N–H and O–H groups in total. The summed E-state index contributed by atoms with van der Waals surface area (Å²) < 4.78 is 1.82. The Labute approximate surface area is 93.4 Å². The summed E-state index contributed by atoms with van der Waals surface area (Å²) in [4.78, 5) is 4.39. The number of fused-ring (bicyclic) bond motifs is 1. The van der Waals surface area contributed by atoms with E-state index in [2.05, 4.69) is 22.2 Å². The summed E-state index contributed by atoms with van der Waals surface area (Å²) >= 11 is 0. The molecule has 0 spiro atoms. The maximum atomic E-state index is 4.39. The molecule has 2 heterocycles. The van der Waals surface area contributed by atoms with Crippen molar-refractivity contribution in [2.45, 2.75) is 6.92 Å². The summed E-state index contributed by atoms with van der Waals surface area (Å²) in [5, 5.41) is 6.68. The van der Waals surface area contributed by atoms with Gasteiger partial charge in [0.2, 0.25) is 0 Å². The number of aryl methyl sites for hydroxylation is 1. The molecule has 0 radical (unpaired) electrons. The van der Waals surface area contributed by atoms with Crippen molar-refractivity contribution in [3.8, 4) is 5.82 Å². The van der Waals surface area contributed by atoms with Crippen LogP contribution in [0.5, 0.6) is 0 Å². The SMILES string of the molecule is Cc1ccn(-c2nccc3ccccc23)n1. The van der Waals surface area contributed by atoms with Crippen LogP contribution in [-0.4, -0.2) is 14.8 Å². The molecular weight excluding hydrogens is 198 g/mol. The van der Waals surface area contributed by atoms with Gasteiger partial charge in [0.25, 0.3) is 0 Å². The summed E-state index contributed by atoms with van der Waals surface area (Å²) in [6, 6.07) is 12.2. The van der Waals surface area contributed by atoms with Gasteiger partial charge < -0.3 is 0 Å². The predicted octanol–water partition coefficient (Wildman–Crippen LogP) is 2.73. The summed E-state index contributed by atoms with van der Waals surface area (Å²) in [6.45, 7) is 1.97. The molecule has 0 bridgehead atoms. The minimum Gasteiger partial charge on any atom is -0.237 e. The lowest BCUT2D eigenvalue weighted by molar-refractivity contribution is 0.841. The largest absolute Gasteiger partial charge is 0.237 e. The highest BCUT2D eigenvalue weighted by molar-refractivity contribution is 5.88. The predicted molar refractivity (Wildman–Crippen MR) is 63.6 cm³/mol. The van der Waals surface area contributed by atoms with Crippen LogP contribution in [0.4, 0.5) is 0 Å². The molecule has 0 unspecified atom stereocenters. The van der Waals surface area contributed by atoms with Gasteiger partial charge in [-0.05, 0) is 24.4 Å². The quantitative estimate of drug-likeness (QED) is 0.617. The van der Waals surface area contributed by atoms with E-state index in [1.807, 2.05) is 48.3 Å². The fraction of sp³-hybridized carbons (Fsp3) is 0.0769. The third-order valence-corrected chi connectivity index (χ3v) is 2.59. The first-order chi connectivity index (χ1) is 7.84. The molecule has 3 nitrogen and oxygen atoms in total. The summed E-state index contributed by atoms with van der Waals surface area (Å²) in [5.41, 5.74) is 0.995. The van der Waals surface area contributed by atoms with Gasteiger partial charge in [0, 0.05) is 17.8 Å². The molecule has 1 aromatic carbocycles. The Kier molecular flexibility index (Phi) is 1.96. The third kappa shape index (κ3) is 1.37. The van der Waals surface area contributed by atoms with Crippen molar-refractivity contribution in [1.82, 2.24) is 14.8 Å². The van der Waals surface area contributed by atoms with Crippen molar-refractivity contribution in [2.75, 3.05) is 0 Å². The fourth-order valence-corrected chi connectivity index (χ4v) is 1.82. The van der Waals surface area contributed by atoms with Crippen molar-refractivity contribution in [3.63, 3.8) is 0 Å². The van der Waals surface area contributed by atoms with Gasteiger partial charge in [0.15, 0.2) is 5.82 Å². The lowest BCUT2D eigenvalue weighted by Crippen LogP contribution is -1.99. The molecule has 0 saturated heterocycles. The average Bonchev–Trinajstić information content (AvgIpc) is 2.75. The van der Waals surface area contributed by atoms with Gasteiger partial charge in [-0.25, -0.2) is 9.67 Å². The first-order valence-electron chi connectivity index (χ1n) is 5.21. The van der Waals surface area contributed by atoms with Crippen molar-refractivity contribution in [1.29, 1.82) is 0 Å². The molecule has 0 amide bonds. The van der Waals surface area contributed by atoms with Crippen LogP contribution in [0.25, 0.3) is 16.6 Å². The monoisotopic (exact) mass is 209 g/mol. The van der Waals surface area contributed by atoms with Gasteiger partial charge in [-0.1, -0.05) is 24.3 Å². The van der Waals surface area contributed by atoms with Gasteiger partial charge in [-0.2, -0.15) is 5.10 Å². The second kappa shape index (κ2) is 3.45. The van der Waals surface area contributed by atoms with E-state index in [9.17, 15) is 0 Å². The fourth-order valence-electron chi connectivity index (χ4n) is 1.82. The highest BCUT2D eigenvalue weighted by Crippen LogP contribution is 2.19. The van der Waals surface area contributed by atoms with Gasteiger partial charge >= 0.3 is 0 Å². The molecule has 78 valence electrons. The number of rotatable bonds is 1. The zero-order valence-electron chi connectivity index (χ0n) is 8.96. The van der Waals surface area contributed by atoms with E-state index in [1.165, 1.54) is 5.39 Å². The molecule has 0 fully saturated rings. The Morgan fingerprint density at radius 1 is 1.06 bits per heavy atom. The molecular formula is C13H11N3. The number of benzene rings is 1. The summed E-state index contributed by atoms with van der Waals surface area (Å²) in [5.74, 6) is 0.881. The van der Waals surface area contributed by atoms with E-state index in [0.717, 1.165) is 16.9 Å². The van der Waals surface area contributed by atoms with Crippen LogP contribution in [0.3, 0.4) is 0 Å². The van der Waals surface area contributed by atoms with Crippen LogP contribution in [0.15, 0.2) is 48.8 Å². The Hall–Kier alpha value is -2.16. The van der Waals surface area contributed by atoms with Crippen molar-refractivity contribution in [2.24, 2.45) is 0 Å². The zero-order valence-corrected chi connectivity index (χ0v) is 8.96. The van der Waals surface area contributed by atoms with Crippen molar-refractivity contribution in [3.05, 3.63) is 54.5 Å². The Morgan fingerprint density at radius 3 is 2.75 bits per heavy atom. The Bertz CT molecular complexity index is 635. The number of nitrogens with zero attached hydrogens (tertiary/aromatic N) is 3. The van der Waals surface area contributed by atoms with Crippen LogP contribution in [0.1, 0.15) is 5.69 Å². The first-order valence-corrected chi connectivity index (χ1v) is 5.21. The highest BCUT2D eigenvalue weighted by atomic mass is 15.3. The van der Waals surface area contributed by atoms with Gasteiger partial charge in [-0.15, -0.1) is 0 Å². The van der Waals surface area contributed by atoms with E-state index in [0.29, 0.717) is 0 Å². The Balaban J connectivity index is 2.31. The third-order valence-electron chi connectivity index (χ3n) is 2.59. The molecule has 0 aliphatic carbocycles. The highest BCUT2D eigenvalue weighted by Gasteiger charge is 2.04. The van der Waals surface area contributed by atoms with E-state index >= 15 is 0 Å². The summed E-state index contributed by atoms with van der Waals surface area (Å²) in [7, 11) is 0. The number of pyridine rings is 1. The van der Waals surface area contributed by atoms with Crippen molar-refractivity contribution < 1.29 is 0 Å². The van der Waals surface area contributed by atoms with Crippen LogP contribution in [0, 0.1) is 6.92 Å². The van der Waals surface area contributed by atoms with Crippen LogP contribution in [-0.2, 0) is 0 Å². The van der Waals surface area contributed by atoms with Crippen LogP contribution >= 0.6 is 0 Å². The van der Waals surface area contributed by atoms with E-state index < -0.39 is 0 Å². The lowest BCUT2D eigenvalue weighted by Gasteiger charge is -2.04. The molecule has 3 heteroatoms. The Morgan fingerprint density at radius 2 is 1.94 bits per heavy atom. The number of aromatic nitrogens is 3. The lowest BCUT2D eigenvalue weighted by atomic mass is 10.2. The number of hydrogen-bond donors (Lipinski definition) is 0. The van der Waals surface area contributed by atoms with Crippen LogP contribution < -0.4 is 0 Å². The minimum absolute atomic E-state index is 0.881. The molecule has 3 aromatic rings. The van der Waals surface area contributed by atoms with E-state index in [4.69, 9.17) is 0 Å². The van der Waals surface area contributed by atoms with Crippen molar-refractivity contribution >= 4 is 10.8 Å². The van der Waals surface area contributed by atoms with E-state index in [-0.39, 0.29) is 0 Å². The number of hydrogen-bond acceptors (Lipinski definition) is 2. The normalized spacial score (nSPS) is 10.8. The molecule has 0 saturated carbocycles. The van der Waals surface area contributed by atoms with Gasteiger partial charge in [0.05, 0.1) is 5.69 Å². The average molecular weight is 209 g/mol. The minimum atomic E-state index is 0.881. The zero-order chi connectivity index (χ0) is 11.0. The molecule has 2 aromatic heterocycles. The van der Waals surface area contributed by atoms with E-state index in [1.54, 1.807) is 0 Å². The molecule has 3 rings (SSSR count). The maximum absolute atomic E-state index is 4.39. The molecule has 0 aliphatic rings. The van der Waals surface area contributed by atoms with Gasteiger partial charge in [-0.3, -0.25) is 0 Å². The molecule has 0 aliphatic heterocycles. The van der Waals surface area contributed by atoms with Crippen LogP contribution in [0.2, 0.25) is 0 Å².